The van der Waals surface area contributed by atoms with Crippen LogP contribution < -0.4 is 4.72 Å². The summed E-state index contributed by atoms with van der Waals surface area (Å²) in [5.74, 6) is 0. The molecular formula is C17H14ClNO2S2. The first kappa shape index (κ1) is 16.2. The largest absolute Gasteiger partial charge is 0.242 e. The number of halogens is 1. The van der Waals surface area contributed by atoms with Gasteiger partial charge < -0.3 is 0 Å². The Kier molecular flexibility index (Phi) is 4.82. The van der Waals surface area contributed by atoms with Gasteiger partial charge >= 0.3 is 0 Å². The fourth-order valence-electron chi connectivity index (χ4n) is 2.27. The molecule has 1 N–H and O–H groups in total. The molecule has 1 unspecified atom stereocenters. The highest BCUT2D eigenvalue weighted by Crippen LogP contribution is 2.29. The van der Waals surface area contributed by atoms with Gasteiger partial charge in [-0.2, -0.15) is 4.72 Å². The van der Waals surface area contributed by atoms with Crippen molar-refractivity contribution in [3.63, 3.8) is 0 Å². The number of rotatable bonds is 5. The highest BCUT2D eigenvalue weighted by Gasteiger charge is 2.25. The molecule has 1 atom stereocenters. The maximum atomic E-state index is 12.7. The molecule has 0 aliphatic rings. The normalized spacial score (nSPS) is 12.9. The summed E-state index contributed by atoms with van der Waals surface area (Å²) >= 11 is 7.55. The number of sulfonamides is 1. The van der Waals surface area contributed by atoms with Crippen LogP contribution >= 0.6 is 22.9 Å². The van der Waals surface area contributed by atoms with Crippen LogP contribution in [0.15, 0.2) is 77.0 Å². The second kappa shape index (κ2) is 6.84. The third-order valence-electron chi connectivity index (χ3n) is 3.36. The maximum Gasteiger partial charge on any atom is 0.242 e. The van der Waals surface area contributed by atoms with Crippen LogP contribution in [0, 0.1) is 0 Å². The highest BCUT2D eigenvalue weighted by molar-refractivity contribution is 7.89. The lowest BCUT2D eigenvalue weighted by atomic mass is 10.1. The van der Waals surface area contributed by atoms with Crippen molar-refractivity contribution in [1.29, 1.82) is 0 Å². The Balaban J connectivity index is 2.01. The van der Waals surface area contributed by atoms with Crippen molar-refractivity contribution in [2.24, 2.45) is 0 Å². The molecule has 6 heteroatoms. The summed E-state index contributed by atoms with van der Waals surface area (Å²) in [4.78, 5) is 1.01. The summed E-state index contributed by atoms with van der Waals surface area (Å²) in [5, 5.41) is 2.13. The maximum absolute atomic E-state index is 12.7. The van der Waals surface area contributed by atoms with Crippen LogP contribution in [0.3, 0.4) is 0 Å². The highest BCUT2D eigenvalue weighted by atomic mass is 35.5. The Morgan fingerprint density at radius 3 is 2.26 bits per heavy atom. The zero-order valence-electron chi connectivity index (χ0n) is 12.0. The Morgan fingerprint density at radius 2 is 1.61 bits per heavy atom. The Bertz CT molecular complexity index is 878. The second-order valence-corrected chi connectivity index (χ2v) is 7.98. The monoisotopic (exact) mass is 363 g/mol. The quantitative estimate of drug-likeness (QED) is 0.727. The standard InChI is InChI=1S/C17H14ClNO2S2/c18-14-9-4-5-11-16(14)23(20,21)19-17(15-10-6-12-22-15)13-7-2-1-3-8-13/h1-12,17,19H. The van der Waals surface area contributed by atoms with Gasteiger partial charge in [0.05, 0.1) is 11.1 Å². The summed E-state index contributed by atoms with van der Waals surface area (Å²) in [6, 6.07) is 19.3. The molecule has 3 aromatic rings. The van der Waals surface area contributed by atoms with Crippen molar-refractivity contribution in [3.05, 3.63) is 87.6 Å². The molecule has 0 saturated carbocycles. The first-order chi connectivity index (χ1) is 11.1. The fourth-order valence-corrected chi connectivity index (χ4v) is 4.87. The van der Waals surface area contributed by atoms with Crippen LogP contribution in [0.2, 0.25) is 5.02 Å². The van der Waals surface area contributed by atoms with Crippen molar-refractivity contribution in [2.75, 3.05) is 0 Å². The Hall–Kier alpha value is -1.66. The molecule has 3 nitrogen and oxygen atoms in total. The Morgan fingerprint density at radius 1 is 0.913 bits per heavy atom. The zero-order chi connectivity index (χ0) is 16.3. The number of hydrogen-bond acceptors (Lipinski definition) is 3. The molecule has 23 heavy (non-hydrogen) atoms. The molecule has 0 radical (unpaired) electrons. The van der Waals surface area contributed by atoms with E-state index in [1.165, 1.54) is 17.4 Å². The van der Waals surface area contributed by atoms with Crippen LogP contribution in [0.25, 0.3) is 0 Å². The minimum absolute atomic E-state index is 0.0825. The summed E-state index contributed by atoms with van der Waals surface area (Å²) in [6.45, 7) is 0. The first-order valence-corrected chi connectivity index (χ1v) is 9.67. The predicted molar refractivity (Wildman–Crippen MR) is 94.4 cm³/mol. The molecule has 0 amide bonds. The molecule has 3 rings (SSSR count). The summed E-state index contributed by atoms with van der Waals surface area (Å²) < 4.78 is 28.2. The van der Waals surface area contributed by atoms with E-state index in [1.54, 1.807) is 18.2 Å². The first-order valence-electron chi connectivity index (χ1n) is 6.93. The SMILES string of the molecule is O=S(=O)(NC(c1ccccc1)c1cccs1)c1ccccc1Cl. The zero-order valence-corrected chi connectivity index (χ0v) is 14.4. The molecule has 1 heterocycles. The van der Waals surface area contributed by atoms with E-state index in [0.717, 1.165) is 10.4 Å². The Labute approximate surface area is 144 Å². The average molecular weight is 364 g/mol. The number of hydrogen-bond donors (Lipinski definition) is 1. The summed E-state index contributed by atoms with van der Waals surface area (Å²) in [7, 11) is -3.74. The molecule has 0 bridgehead atoms. The molecule has 0 aliphatic heterocycles. The van der Waals surface area contributed by atoms with Crippen molar-refractivity contribution in [2.45, 2.75) is 10.9 Å². The smallest absolute Gasteiger partial charge is 0.207 e. The van der Waals surface area contributed by atoms with E-state index in [0.29, 0.717) is 0 Å². The molecule has 2 aromatic carbocycles. The topological polar surface area (TPSA) is 46.2 Å². The summed E-state index contributed by atoms with van der Waals surface area (Å²) in [6.07, 6.45) is 0. The van der Waals surface area contributed by atoms with E-state index in [1.807, 2.05) is 47.8 Å². The predicted octanol–water partition coefficient (Wildman–Crippen LogP) is 4.47. The number of benzene rings is 2. The molecule has 118 valence electrons. The van der Waals surface area contributed by atoms with Crippen LogP contribution in [-0.4, -0.2) is 8.42 Å². The van der Waals surface area contributed by atoms with Gasteiger partial charge in [-0.05, 0) is 29.1 Å². The minimum Gasteiger partial charge on any atom is -0.207 e. The van der Waals surface area contributed by atoms with Crippen molar-refractivity contribution in [1.82, 2.24) is 4.72 Å². The fraction of sp³-hybridized carbons (Fsp3) is 0.0588. The third-order valence-corrected chi connectivity index (χ3v) is 6.22. The van der Waals surface area contributed by atoms with E-state index in [-0.39, 0.29) is 9.92 Å². The van der Waals surface area contributed by atoms with E-state index < -0.39 is 16.1 Å². The van der Waals surface area contributed by atoms with Crippen LogP contribution in [-0.2, 0) is 10.0 Å². The van der Waals surface area contributed by atoms with E-state index in [4.69, 9.17) is 11.6 Å². The average Bonchev–Trinajstić information content (AvgIpc) is 3.08. The van der Waals surface area contributed by atoms with Gasteiger partial charge in [0.15, 0.2) is 0 Å². The van der Waals surface area contributed by atoms with Crippen LogP contribution in [0.1, 0.15) is 16.5 Å². The van der Waals surface area contributed by atoms with Gasteiger partial charge in [-0.25, -0.2) is 8.42 Å². The van der Waals surface area contributed by atoms with Crippen molar-refractivity contribution >= 4 is 33.0 Å². The second-order valence-electron chi connectivity index (χ2n) is 4.91. The van der Waals surface area contributed by atoms with Crippen molar-refractivity contribution < 1.29 is 8.42 Å². The summed E-state index contributed by atoms with van der Waals surface area (Å²) in [5.41, 5.74) is 0.880. The van der Waals surface area contributed by atoms with Gasteiger partial charge in [0, 0.05) is 4.88 Å². The van der Waals surface area contributed by atoms with Gasteiger partial charge in [-0.15, -0.1) is 11.3 Å². The van der Waals surface area contributed by atoms with Crippen molar-refractivity contribution in [3.8, 4) is 0 Å². The lowest BCUT2D eigenvalue weighted by Gasteiger charge is -2.18. The van der Waals surface area contributed by atoms with Gasteiger partial charge in [0.1, 0.15) is 4.90 Å². The minimum atomic E-state index is -3.74. The van der Waals surface area contributed by atoms with E-state index >= 15 is 0 Å². The van der Waals surface area contributed by atoms with Crippen LogP contribution in [0.4, 0.5) is 0 Å². The molecule has 0 fully saturated rings. The van der Waals surface area contributed by atoms with Gasteiger partial charge in [0.2, 0.25) is 10.0 Å². The van der Waals surface area contributed by atoms with Crippen LogP contribution in [0.5, 0.6) is 0 Å². The number of nitrogens with one attached hydrogen (secondary N) is 1. The third kappa shape index (κ3) is 3.64. The van der Waals surface area contributed by atoms with E-state index in [2.05, 4.69) is 4.72 Å². The molecular weight excluding hydrogens is 350 g/mol. The number of thiophene rings is 1. The molecule has 0 saturated heterocycles. The molecule has 0 aliphatic carbocycles. The van der Waals surface area contributed by atoms with Gasteiger partial charge in [0.25, 0.3) is 0 Å². The lowest BCUT2D eigenvalue weighted by molar-refractivity contribution is 0.573. The lowest BCUT2D eigenvalue weighted by Crippen LogP contribution is -2.29. The molecule has 1 aromatic heterocycles. The molecule has 0 spiro atoms. The van der Waals surface area contributed by atoms with Gasteiger partial charge in [-0.3, -0.25) is 0 Å². The van der Waals surface area contributed by atoms with E-state index in [9.17, 15) is 8.42 Å². The van der Waals surface area contributed by atoms with Gasteiger partial charge in [-0.1, -0.05) is 60.1 Å².